The third-order valence-corrected chi connectivity index (χ3v) is 3.91. The van der Waals surface area contributed by atoms with Crippen LogP contribution in [0.15, 0.2) is 24.4 Å². The molecule has 1 saturated heterocycles. The van der Waals surface area contributed by atoms with Gasteiger partial charge in [-0.1, -0.05) is 6.07 Å². The molecular formula is C12H13IN2O. The second-order valence-corrected chi connectivity index (χ2v) is 5.27. The first-order chi connectivity index (χ1) is 7.84. The number of benzene rings is 1. The molecule has 1 aromatic carbocycles. The van der Waals surface area contributed by atoms with E-state index in [1.54, 1.807) is 0 Å². The predicted molar refractivity (Wildman–Crippen MR) is 71.3 cm³/mol. The van der Waals surface area contributed by atoms with Gasteiger partial charge in [0.15, 0.2) is 0 Å². The summed E-state index contributed by atoms with van der Waals surface area (Å²) in [5.74, 6) is 0. The minimum atomic E-state index is 0.136. The van der Waals surface area contributed by atoms with Gasteiger partial charge in [0, 0.05) is 21.8 Å². The van der Waals surface area contributed by atoms with Crippen molar-refractivity contribution in [3.63, 3.8) is 0 Å². The van der Waals surface area contributed by atoms with Crippen LogP contribution in [0.3, 0.4) is 0 Å². The summed E-state index contributed by atoms with van der Waals surface area (Å²) in [4.78, 5) is 0. The molecule has 1 aliphatic rings. The molecular weight excluding hydrogens is 315 g/mol. The van der Waals surface area contributed by atoms with E-state index in [4.69, 9.17) is 4.74 Å². The van der Waals surface area contributed by atoms with Gasteiger partial charge in [0.05, 0.1) is 5.52 Å². The number of fused-ring (bicyclic) bond motifs is 1. The first kappa shape index (κ1) is 10.5. The third kappa shape index (κ3) is 1.84. The van der Waals surface area contributed by atoms with Crippen molar-refractivity contribution in [1.29, 1.82) is 0 Å². The molecule has 4 heteroatoms. The zero-order valence-electron chi connectivity index (χ0n) is 8.90. The fourth-order valence-electron chi connectivity index (χ4n) is 2.11. The molecule has 0 unspecified atom stereocenters. The van der Waals surface area contributed by atoms with E-state index in [1.165, 1.54) is 21.8 Å². The van der Waals surface area contributed by atoms with Gasteiger partial charge in [0.1, 0.15) is 6.23 Å². The average molecular weight is 328 g/mol. The molecule has 2 aromatic rings. The van der Waals surface area contributed by atoms with Crippen LogP contribution in [0.25, 0.3) is 10.9 Å². The topological polar surface area (TPSA) is 27.1 Å². The van der Waals surface area contributed by atoms with Gasteiger partial charge in [-0.05, 0) is 54.0 Å². The van der Waals surface area contributed by atoms with Crippen LogP contribution in [-0.4, -0.2) is 16.4 Å². The molecule has 1 aliphatic heterocycles. The van der Waals surface area contributed by atoms with E-state index in [2.05, 4.69) is 46.0 Å². The molecule has 0 saturated carbocycles. The fourth-order valence-corrected chi connectivity index (χ4v) is 2.73. The van der Waals surface area contributed by atoms with Crippen LogP contribution in [-0.2, 0) is 4.74 Å². The minimum Gasteiger partial charge on any atom is -0.357 e. The lowest BCUT2D eigenvalue weighted by molar-refractivity contribution is -0.0390. The maximum absolute atomic E-state index is 5.73. The Morgan fingerprint density at radius 1 is 1.38 bits per heavy atom. The van der Waals surface area contributed by atoms with Gasteiger partial charge in [0.2, 0.25) is 0 Å². The van der Waals surface area contributed by atoms with Crippen molar-refractivity contribution >= 4 is 33.5 Å². The quantitative estimate of drug-likeness (QED) is 0.751. The zero-order chi connectivity index (χ0) is 11.0. The van der Waals surface area contributed by atoms with Crippen LogP contribution < -0.4 is 0 Å². The Kier molecular flexibility index (Phi) is 2.85. The monoisotopic (exact) mass is 328 g/mol. The first-order valence-electron chi connectivity index (χ1n) is 5.59. The van der Waals surface area contributed by atoms with E-state index < -0.39 is 0 Å². The molecule has 0 bridgehead atoms. The van der Waals surface area contributed by atoms with E-state index in [0.717, 1.165) is 18.5 Å². The van der Waals surface area contributed by atoms with Gasteiger partial charge in [-0.2, -0.15) is 5.10 Å². The van der Waals surface area contributed by atoms with Crippen LogP contribution in [0, 0.1) is 3.57 Å². The number of halogens is 1. The number of nitrogens with zero attached hydrogens (tertiary/aromatic N) is 2. The first-order valence-corrected chi connectivity index (χ1v) is 6.67. The molecule has 0 spiro atoms. The van der Waals surface area contributed by atoms with Gasteiger partial charge in [0.25, 0.3) is 0 Å². The molecule has 3 nitrogen and oxygen atoms in total. The third-order valence-electron chi connectivity index (χ3n) is 2.97. The lowest BCUT2D eigenvalue weighted by Crippen LogP contribution is -2.18. The van der Waals surface area contributed by atoms with E-state index in [-0.39, 0.29) is 6.23 Å². The van der Waals surface area contributed by atoms with E-state index in [1.807, 2.05) is 10.7 Å². The standard InChI is InChI=1S/C12H13IN2O/c13-10-4-3-5-11-9(10)8-15(14-11)12-6-1-2-7-16-12/h3-5,8,12H,1-2,6-7H2/t12-/m1/s1. The Balaban J connectivity index is 2.01. The highest BCUT2D eigenvalue weighted by Crippen LogP contribution is 2.25. The van der Waals surface area contributed by atoms with E-state index in [9.17, 15) is 0 Å². The number of hydrogen-bond donors (Lipinski definition) is 0. The van der Waals surface area contributed by atoms with Crippen molar-refractivity contribution in [1.82, 2.24) is 9.78 Å². The average Bonchev–Trinajstić information content (AvgIpc) is 2.76. The molecule has 84 valence electrons. The summed E-state index contributed by atoms with van der Waals surface area (Å²) >= 11 is 2.35. The molecule has 0 aliphatic carbocycles. The number of aromatic nitrogens is 2. The van der Waals surface area contributed by atoms with Gasteiger partial charge in [-0.15, -0.1) is 0 Å². The summed E-state index contributed by atoms with van der Waals surface area (Å²) in [6.07, 6.45) is 5.72. The summed E-state index contributed by atoms with van der Waals surface area (Å²) in [5.41, 5.74) is 1.06. The Bertz CT molecular complexity index is 503. The predicted octanol–water partition coefficient (Wildman–Crippen LogP) is 3.34. The van der Waals surface area contributed by atoms with Crippen LogP contribution >= 0.6 is 22.6 Å². The van der Waals surface area contributed by atoms with Crippen LogP contribution in [0.5, 0.6) is 0 Å². The lowest BCUT2D eigenvalue weighted by Gasteiger charge is -2.22. The lowest BCUT2D eigenvalue weighted by atomic mass is 10.2. The molecule has 0 radical (unpaired) electrons. The van der Waals surface area contributed by atoms with Crippen molar-refractivity contribution < 1.29 is 4.74 Å². The van der Waals surface area contributed by atoms with E-state index in [0.29, 0.717) is 0 Å². The smallest absolute Gasteiger partial charge is 0.150 e. The van der Waals surface area contributed by atoms with Gasteiger partial charge < -0.3 is 4.74 Å². The summed E-state index contributed by atoms with van der Waals surface area (Å²) in [5, 5.41) is 5.80. The summed E-state index contributed by atoms with van der Waals surface area (Å²) in [7, 11) is 0. The second kappa shape index (κ2) is 4.33. The molecule has 1 fully saturated rings. The highest BCUT2D eigenvalue weighted by atomic mass is 127. The minimum absolute atomic E-state index is 0.136. The Morgan fingerprint density at radius 2 is 2.31 bits per heavy atom. The largest absolute Gasteiger partial charge is 0.357 e. The number of hydrogen-bond acceptors (Lipinski definition) is 2. The van der Waals surface area contributed by atoms with Crippen molar-refractivity contribution in [2.24, 2.45) is 0 Å². The van der Waals surface area contributed by atoms with E-state index >= 15 is 0 Å². The molecule has 16 heavy (non-hydrogen) atoms. The summed E-state index contributed by atoms with van der Waals surface area (Å²) in [6.45, 7) is 0.859. The molecule has 1 atom stereocenters. The highest BCUT2D eigenvalue weighted by molar-refractivity contribution is 14.1. The Morgan fingerprint density at radius 3 is 3.06 bits per heavy atom. The number of rotatable bonds is 1. The summed E-state index contributed by atoms with van der Waals surface area (Å²) < 4.78 is 8.96. The molecule has 0 amide bonds. The van der Waals surface area contributed by atoms with Crippen molar-refractivity contribution in [2.75, 3.05) is 6.61 Å². The highest BCUT2D eigenvalue weighted by Gasteiger charge is 2.17. The van der Waals surface area contributed by atoms with Crippen LogP contribution in [0.2, 0.25) is 0 Å². The zero-order valence-corrected chi connectivity index (χ0v) is 11.1. The maximum atomic E-state index is 5.73. The Hall–Kier alpha value is -0.620. The normalized spacial score (nSPS) is 21.4. The number of ether oxygens (including phenoxy) is 1. The molecule has 3 rings (SSSR count). The van der Waals surface area contributed by atoms with Crippen molar-refractivity contribution in [3.8, 4) is 0 Å². The SMILES string of the molecule is Ic1cccc2nn([C@H]3CCCCO3)cc12. The Labute approximate surface area is 108 Å². The molecule has 2 heterocycles. The fraction of sp³-hybridized carbons (Fsp3) is 0.417. The molecule has 0 N–H and O–H groups in total. The maximum Gasteiger partial charge on any atom is 0.150 e. The second-order valence-electron chi connectivity index (χ2n) is 4.10. The summed E-state index contributed by atoms with van der Waals surface area (Å²) in [6, 6.07) is 6.20. The van der Waals surface area contributed by atoms with Gasteiger partial charge >= 0.3 is 0 Å². The van der Waals surface area contributed by atoms with Crippen LogP contribution in [0.4, 0.5) is 0 Å². The van der Waals surface area contributed by atoms with Gasteiger partial charge in [-0.25, -0.2) is 4.68 Å². The molecule has 1 aromatic heterocycles. The van der Waals surface area contributed by atoms with Gasteiger partial charge in [-0.3, -0.25) is 0 Å². The van der Waals surface area contributed by atoms with Crippen LogP contribution in [0.1, 0.15) is 25.5 Å². The van der Waals surface area contributed by atoms with Crippen molar-refractivity contribution in [3.05, 3.63) is 28.0 Å². The van der Waals surface area contributed by atoms with Crippen molar-refractivity contribution in [2.45, 2.75) is 25.5 Å².